The average molecular weight is 614 g/mol. The molecule has 5 aliphatic rings. The van der Waals surface area contributed by atoms with Crippen LogP contribution in [0, 0.1) is 18.6 Å². The summed E-state index contributed by atoms with van der Waals surface area (Å²) in [5, 5.41) is 4.13. The fourth-order valence-corrected chi connectivity index (χ4v) is 8.03. The summed E-state index contributed by atoms with van der Waals surface area (Å²) in [6.07, 6.45) is 3.79. The van der Waals surface area contributed by atoms with Gasteiger partial charge in [0.15, 0.2) is 11.6 Å². The SMILES string of the molecule is Cc1c(F)c(N)cc(-c2nc3c4c(nc(OC[C@@H]5CCC6COCCN65)nc4c2F)N2C[C@H]4CC[C@H](N4)[C@H]2[C@H](C)O3)c1Cl. The van der Waals surface area contributed by atoms with Crippen LogP contribution in [0.1, 0.15) is 38.2 Å². The fourth-order valence-electron chi connectivity index (χ4n) is 7.80. The van der Waals surface area contributed by atoms with Gasteiger partial charge in [-0.3, -0.25) is 4.90 Å². The van der Waals surface area contributed by atoms with Crippen LogP contribution in [0.2, 0.25) is 5.02 Å². The molecule has 6 atom stereocenters. The molecule has 43 heavy (non-hydrogen) atoms. The van der Waals surface area contributed by atoms with E-state index in [0.717, 1.165) is 38.8 Å². The van der Waals surface area contributed by atoms with Gasteiger partial charge in [0.25, 0.3) is 0 Å². The molecule has 1 unspecified atom stereocenters. The maximum absolute atomic E-state index is 16.7. The summed E-state index contributed by atoms with van der Waals surface area (Å²) in [7, 11) is 0. The van der Waals surface area contributed by atoms with Crippen LogP contribution < -0.4 is 25.4 Å². The summed E-state index contributed by atoms with van der Waals surface area (Å²) >= 11 is 6.55. The number of aromatic nitrogens is 3. The van der Waals surface area contributed by atoms with Crippen molar-refractivity contribution in [3.63, 3.8) is 0 Å². The highest BCUT2D eigenvalue weighted by Gasteiger charge is 2.47. The van der Waals surface area contributed by atoms with Crippen LogP contribution in [0.5, 0.6) is 11.9 Å². The molecule has 0 saturated carbocycles. The van der Waals surface area contributed by atoms with Crippen molar-refractivity contribution in [2.45, 2.75) is 75.8 Å². The number of pyridine rings is 1. The van der Waals surface area contributed by atoms with Gasteiger partial charge in [-0.15, -0.1) is 0 Å². The molecule has 5 aliphatic heterocycles. The van der Waals surface area contributed by atoms with Crippen LogP contribution in [0.3, 0.4) is 0 Å². The number of halogens is 3. The minimum Gasteiger partial charge on any atom is -0.472 e. The molecule has 4 fully saturated rings. The smallest absolute Gasteiger partial charge is 0.319 e. The highest BCUT2D eigenvalue weighted by Crippen LogP contribution is 2.45. The second kappa shape index (κ2) is 10.3. The molecule has 0 amide bonds. The zero-order chi connectivity index (χ0) is 29.6. The molecule has 4 saturated heterocycles. The molecule has 3 aromatic rings. The number of nitrogens with one attached hydrogen (secondary N) is 1. The standard InChI is InChI=1S/C30H34ClF2N7O3/c1-13-22(31)18(9-19(34)23(13)32)25-24(33)26-21-28(38-30(37-26)42-12-17-5-4-16-11-41-8-7-39(16)17)40-10-15-3-6-20(35-15)27(40)14(2)43-29(21)36-25/h9,14-17,20,27,35H,3-8,10-12,34H2,1-2H3/t14-,15+,16?,17-,20-,27+/m0/s1. The topological polar surface area (TPSA) is 111 Å². The summed E-state index contributed by atoms with van der Waals surface area (Å²) in [5.41, 5.74) is 5.98. The Kier molecular flexibility index (Phi) is 6.55. The second-order valence-corrected chi connectivity index (χ2v) is 12.8. The van der Waals surface area contributed by atoms with Gasteiger partial charge in [-0.25, -0.2) is 13.8 Å². The maximum Gasteiger partial charge on any atom is 0.319 e. The first-order chi connectivity index (χ1) is 20.8. The normalized spacial score (nSPS) is 29.7. The first-order valence-corrected chi connectivity index (χ1v) is 15.5. The van der Waals surface area contributed by atoms with E-state index < -0.39 is 11.6 Å². The van der Waals surface area contributed by atoms with Crippen LogP contribution in [0.4, 0.5) is 20.3 Å². The molecule has 7 heterocycles. The third-order valence-electron chi connectivity index (χ3n) is 9.91. The van der Waals surface area contributed by atoms with Crippen molar-refractivity contribution in [3.05, 3.63) is 28.3 Å². The number of nitrogens with two attached hydrogens (primary N) is 1. The highest BCUT2D eigenvalue weighted by molar-refractivity contribution is 6.34. The van der Waals surface area contributed by atoms with Gasteiger partial charge < -0.3 is 30.2 Å². The van der Waals surface area contributed by atoms with Crippen molar-refractivity contribution in [1.82, 2.24) is 25.2 Å². The highest BCUT2D eigenvalue weighted by atomic mass is 35.5. The zero-order valence-electron chi connectivity index (χ0n) is 24.1. The number of piperazine rings is 1. The number of morpholine rings is 1. The lowest BCUT2D eigenvalue weighted by Crippen LogP contribution is -2.62. The fraction of sp³-hybridized carbons (Fsp3) is 0.567. The lowest BCUT2D eigenvalue weighted by atomic mass is 9.99. The van der Waals surface area contributed by atoms with Crippen LogP contribution >= 0.6 is 11.6 Å². The molecule has 1 aromatic carbocycles. The first kappa shape index (κ1) is 27.5. The van der Waals surface area contributed by atoms with E-state index in [1.165, 1.54) is 13.0 Å². The quantitative estimate of drug-likeness (QED) is 0.421. The van der Waals surface area contributed by atoms with Gasteiger partial charge >= 0.3 is 6.01 Å². The minimum atomic E-state index is -0.721. The van der Waals surface area contributed by atoms with Gasteiger partial charge in [0.1, 0.15) is 35.1 Å². The largest absolute Gasteiger partial charge is 0.472 e. The van der Waals surface area contributed by atoms with Crippen LogP contribution in [-0.4, -0.2) is 89.1 Å². The lowest BCUT2D eigenvalue weighted by Gasteiger charge is -2.42. The number of hydrogen-bond donors (Lipinski definition) is 2. The molecule has 8 rings (SSSR count). The lowest BCUT2D eigenvalue weighted by molar-refractivity contribution is -0.0101. The number of rotatable bonds is 4. The zero-order valence-corrected chi connectivity index (χ0v) is 24.8. The summed E-state index contributed by atoms with van der Waals surface area (Å²) in [6.45, 7) is 6.87. The third kappa shape index (κ3) is 4.32. The van der Waals surface area contributed by atoms with E-state index in [1.54, 1.807) is 0 Å². The molecule has 10 nitrogen and oxygen atoms in total. The summed E-state index contributed by atoms with van der Waals surface area (Å²) < 4.78 is 49.7. The molecule has 0 aliphatic carbocycles. The van der Waals surface area contributed by atoms with E-state index >= 15 is 4.39 Å². The molecule has 228 valence electrons. The average Bonchev–Trinajstić information content (AvgIpc) is 3.57. The third-order valence-corrected chi connectivity index (χ3v) is 10.4. The Hall–Kier alpha value is -3.06. The van der Waals surface area contributed by atoms with Gasteiger partial charge in [-0.1, -0.05) is 11.6 Å². The van der Waals surface area contributed by atoms with Gasteiger partial charge in [0.2, 0.25) is 5.88 Å². The van der Waals surface area contributed by atoms with Crippen molar-refractivity contribution in [1.29, 1.82) is 0 Å². The van der Waals surface area contributed by atoms with Crippen LogP contribution in [0.15, 0.2) is 6.07 Å². The first-order valence-electron chi connectivity index (χ1n) is 15.1. The summed E-state index contributed by atoms with van der Waals surface area (Å²) in [5.74, 6) is -0.611. The van der Waals surface area contributed by atoms with E-state index in [4.69, 9.17) is 36.5 Å². The van der Waals surface area contributed by atoms with E-state index in [1.807, 2.05) is 6.92 Å². The predicted molar refractivity (Wildman–Crippen MR) is 158 cm³/mol. The van der Waals surface area contributed by atoms with Crippen molar-refractivity contribution < 1.29 is 23.0 Å². The number of fused-ring (bicyclic) bond motifs is 6. The number of benzene rings is 1. The summed E-state index contributed by atoms with van der Waals surface area (Å²) in [4.78, 5) is 18.8. The molecule has 0 spiro atoms. The van der Waals surface area contributed by atoms with E-state index in [0.29, 0.717) is 43.0 Å². The summed E-state index contributed by atoms with van der Waals surface area (Å²) in [6, 6.07) is 2.43. The Morgan fingerprint density at radius 2 is 2.02 bits per heavy atom. The van der Waals surface area contributed by atoms with Crippen LogP contribution in [-0.2, 0) is 4.74 Å². The van der Waals surface area contributed by atoms with E-state index in [2.05, 4.69) is 25.1 Å². The van der Waals surface area contributed by atoms with Gasteiger partial charge in [-0.2, -0.15) is 9.97 Å². The van der Waals surface area contributed by atoms with Crippen molar-refractivity contribution in [2.24, 2.45) is 0 Å². The van der Waals surface area contributed by atoms with E-state index in [9.17, 15) is 4.39 Å². The van der Waals surface area contributed by atoms with Crippen LogP contribution in [0.25, 0.3) is 22.2 Å². The molecule has 3 N–H and O–H groups in total. The molecule has 2 aromatic heterocycles. The molecular formula is C30H34ClF2N7O3. The van der Waals surface area contributed by atoms with Gasteiger partial charge in [0.05, 0.1) is 30.0 Å². The molecule has 0 radical (unpaired) electrons. The van der Waals surface area contributed by atoms with Crippen molar-refractivity contribution in [2.75, 3.05) is 43.5 Å². The monoisotopic (exact) mass is 613 g/mol. The number of anilines is 2. The van der Waals surface area contributed by atoms with Gasteiger partial charge in [0, 0.05) is 48.4 Å². The number of hydrogen-bond acceptors (Lipinski definition) is 10. The minimum absolute atomic E-state index is 0.0195. The number of nitrogen functional groups attached to an aromatic ring is 1. The Labute approximate surface area is 252 Å². The molecular weight excluding hydrogens is 580 g/mol. The Morgan fingerprint density at radius 3 is 2.88 bits per heavy atom. The van der Waals surface area contributed by atoms with Gasteiger partial charge in [-0.05, 0) is 45.6 Å². The second-order valence-electron chi connectivity index (χ2n) is 12.4. The molecule has 2 bridgehead atoms. The Balaban J connectivity index is 1.27. The van der Waals surface area contributed by atoms with Crippen molar-refractivity contribution >= 4 is 34.0 Å². The molecule has 13 heteroatoms. The van der Waals surface area contributed by atoms with Crippen molar-refractivity contribution in [3.8, 4) is 23.1 Å². The maximum atomic E-state index is 16.7. The predicted octanol–water partition coefficient (Wildman–Crippen LogP) is 3.85. The number of nitrogens with zero attached hydrogens (tertiary/aromatic N) is 5. The Morgan fingerprint density at radius 1 is 1.16 bits per heavy atom. The van der Waals surface area contributed by atoms with E-state index in [-0.39, 0.29) is 69.2 Å². The Bertz CT molecular complexity index is 1630. The number of ether oxygens (including phenoxy) is 3.